The van der Waals surface area contributed by atoms with Crippen molar-refractivity contribution in [2.45, 2.75) is 6.42 Å². The summed E-state index contributed by atoms with van der Waals surface area (Å²) in [6, 6.07) is 6.73. The second-order valence-electron chi connectivity index (χ2n) is 4.11. The van der Waals surface area contributed by atoms with Crippen LogP contribution in [0.25, 0.3) is 0 Å². The number of halogens is 1. The van der Waals surface area contributed by atoms with Crippen molar-refractivity contribution in [3.05, 3.63) is 29.8 Å². The minimum Gasteiger partial charge on any atom is -0.478 e. The Balaban J connectivity index is 2.08. The van der Waals surface area contributed by atoms with Gasteiger partial charge < -0.3 is 10.0 Å². The number of hydrogen-bond donors (Lipinski definition) is 1. The van der Waals surface area contributed by atoms with Crippen molar-refractivity contribution < 1.29 is 14.3 Å². The van der Waals surface area contributed by atoms with E-state index in [9.17, 15) is 9.18 Å². The monoisotopic (exact) mass is 223 g/mol. The predicted octanol–water partition coefficient (Wildman–Crippen LogP) is 2.18. The zero-order chi connectivity index (χ0) is 11.5. The molecule has 2 rings (SSSR count). The van der Waals surface area contributed by atoms with Crippen LogP contribution in [0.3, 0.4) is 0 Å². The van der Waals surface area contributed by atoms with Crippen LogP contribution in [0.4, 0.5) is 10.1 Å². The van der Waals surface area contributed by atoms with E-state index in [2.05, 4.69) is 4.90 Å². The van der Waals surface area contributed by atoms with Gasteiger partial charge in [0.25, 0.3) is 0 Å². The summed E-state index contributed by atoms with van der Waals surface area (Å²) in [5, 5.41) is 8.76. The molecule has 1 atom stereocenters. The third kappa shape index (κ3) is 2.15. The average Bonchev–Trinajstić information content (AvgIpc) is 2.77. The van der Waals surface area contributed by atoms with Gasteiger partial charge in [0, 0.05) is 24.7 Å². The molecule has 0 bridgehead atoms. The molecule has 0 saturated carbocycles. The van der Waals surface area contributed by atoms with E-state index in [1.807, 2.05) is 0 Å². The van der Waals surface area contributed by atoms with Crippen LogP contribution < -0.4 is 4.90 Å². The highest BCUT2D eigenvalue weighted by molar-refractivity contribution is 5.88. The first-order chi connectivity index (χ1) is 7.70. The van der Waals surface area contributed by atoms with Crippen LogP contribution in [-0.2, 0) is 0 Å². The lowest BCUT2D eigenvalue weighted by molar-refractivity contribution is 0.0697. The van der Waals surface area contributed by atoms with E-state index in [1.54, 1.807) is 24.3 Å². The van der Waals surface area contributed by atoms with E-state index in [0.29, 0.717) is 0 Å². The summed E-state index contributed by atoms with van der Waals surface area (Å²) in [7, 11) is 0. The Morgan fingerprint density at radius 2 is 2.12 bits per heavy atom. The number of carbonyl (C=O) groups is 1. The molecule has 0 aliphatic carbocycles. The normalized spacial score (nSPS) is 20.1. The van der Waals surface area contributed by atoms with E-state index in [-0.39, 0.29) is 18.2 Å². The van der Waals surface area contributed by atoms with Crippen molar-refractivity contribution in [1.82, 2.24) is 0 Å². The summed E-state index contributed by atoms with van der Waals surface area (Å²) >= 11 is 0. The number of anilines is 1. The average molecular weight is 223 g/mol. The number of carboxylic acids is 1. The number of hydrogen-bond acceptors (Lipinski definition) is 2. The van der Waals surface area contributed by atoms with Crippen LogP contribution >= 0.6 is 0 Å². The predicted molar refractivity (Wildman–Crippen MR) is 59.7 cm³/mol. The van der Waals surface area contributed by atoms with Gasteiger partial charge in [-0.2, -0.15) is 0 Å². The molecule has 0 aromatic heterocycles. The van der Waals surface area contributed by atoms with Gasteiger partial charge in [0.15, 0.2) is 0 Å². The molecule has 1 fully saturated rings. The van der Waals surface area contributed by atoms with E-state index in [0.717, 1.165) is 25.2 Å². The molecule has 1 aromatic rings. The Morgan fingerprint density at radius 1 is 1.44 bits per heavy atom. The molecule has 1 aliphatic heterocycles. The summed E-state index contributed by atoms with van der Waals surface area (Å²) in [5.74, 6) is -0.797. The van der Waals surface area contributed by atoms with Crippen LogP contribution in [0, 0.1) is 5.92 Å². The van der Waals surface area contributed by atoms with E-state index >= 15 is 0 Å². The molecule has 1 heterocycles. The third-order valence-electron chi connectivity index (χ3n) is 2.98. The van der Waals surface area contributed by atoms with Crippen molar-refractivity contribution in [3.63, 3.8) is 0 Å². The minimum absolute atomic E-state index is 0.124. The Hall–Kier alpha value is -1.58. The van der Waals surface area contributed by atoms with E-state index in [4.69, 9.17) is 5.11 Å². The standard InChI is InChI=1S/C12H14FNO2/c13-7-9-5-6-14(8-9)11-3-1-10(2-4-11)12(15)16/h1-4,9H,5-8H2,(H,15,16)/t9-/m1/s1. The second-order valence-corrected chi connectivity index (χ2v) is 4.11. The summed E-state index contributed by atoms with van der Waals surface area (Å²) in [4.78, 5) is 12.8. The van der Waals surface area contributed by atoms with Crippen molar-refractivity contribution in [3.8, 4) is 0 Å². The maximum Gasteiger partial charge on any atom is 0.335 e. The van der Waals surface area contributed by atoms with Crippen molar-refractivity contribution in [1.29, 1.82) is 0 Å². The lowest BCUT2D eigenvalue weighted by Crippen LogP contribution is -2.20. The van der Waals surface area contributed by atoms with Crippen LogP contribution in [0.1, 0.15) is 16.8 Å². The fraction of sp³-hybridized carbons (Fsp3) is 0.417. The van der Waals surface area contributed by atoms with Gasteiger partial charge in [-0.25, -0.2) is 4.79 Å². The molecule has 1 saturated heterocycles. The summed E-state index contributed by atoms with van der Waals surface area (Å²) in [6.45, 7) is 1.30. The molecule has 3 nitrogen and oxygen atoms in total. The zero-order valence-electron chi connectivity index (χ0n) is 8.90. The number of carboxylic acid groups (broad SMARTS) is 1. The Morgan fingerprint density at radius 3 is 2.62 bits per heavy atom. The van der Waals surface area contributed by atoms with Crippen LogP contribution in [-0.4, -0.2) is 30.8 Å². The lowest BCUT2D eigenvalue weighted by Gasteiger charge is -2.18. The van der Waals surface area contributed by atoms with E-state index < -0.39 is 5.97 Å². The highest BCUT2D eigenvalue weighted by atomic mass is 19.1. The molecule has 0 radical (unpaired) electrons. The van der Waals surface area contributed by atoms with Gasteiger partial charge in [-0.15, -0.1) is 0 Å². The lowest BCUT2D eigenvalue weighted by atomic mass is 10.1. The molecule has 86 valence electrons. The fourth-order valence-electron chi connectivity index (χ4n) is 2.01. The van der Waals surface area contributed by atoms with Crippen LogP contribution in [0.2, 0.25) is 0 Å². The van der Waals surface area contributed by atoms with Crippen LogP contribution in [0.5, 0.6) is 0 Å². The number of nitrogens with zero attached hydrogens (tertiary/aromatic N) is 1. The highest BCUT2D eigenvalue weighted by Gasteiger charge is 2.22. The van der Waals surface area contributed by atoms with Crippen LogP contribution in [0.15, 0.2) is 24.3 Å². The highest BCUT2D eigenvalue weighted by Crippen LogP contribution is 2.24. The quantitative estimate of drug-likeness (QED) is 0.853. The number of alkyl halides is 1. The van der Waals surface area contributed by atoms with Crippen molar-refractivity contribution in [2.75, 3.05) is 24.7 Å². The maximum atomic E-state index is 12.5. The van der Waals surface area contributed by atoms with Gasteiger partial charge in [-0.3, -0.25) is 4.39 Å². The molecule has 4 heteroatoms. The topological polar surface area (TPSA) is 40.5 Å². The number of rotatable bonds is 3. The molecule has 0 spiro atoms. The first-order valence-electron chi connectivity index (χ1n) is 5.35. The summed E-state index contributed by atoms with van der Waals surface area (Å²) in [5.41, 5.74) is 1.26. The smallest absolute Gasteiger partial charge is 0.335 e. The van der Waals surface area contributed by atoms with Gasteiger partial charge >= 0.3 is 5.97 Å². The van der Waals surface area contributed by atoms with Crippen molar-refractivity contribution in [2.24, 2.45) is 5.92 Å². The molecule has 1 N–H and O–H groups in total. The molecule has 1 aliphatic rings. The molecular weight excluding hydrogens is 209 g/mol. The maximum absolute atomic E-state index is 12.5. The first kappa shape index (κ1) is 10.9. The minimum atomic E-state index is -0.922. The van der Waals surface area contributed by atoms with Crippen molar-refractivity contribution >= 4 is 11.7 Å². The first-order valence-corrected chi connectivity index (χ1v) is 5.35. The Kier molecular flexibility index (Phi) is 3.08. The molecular formula is C12H14FNO2. The fourth-order valence-corrected chi connectivity index (χ4v) is 2.01. The molecule has 1 aromatic carbocycles. The third-order valence-corrected chi connectivity index (χ3v) is 2.98. The van der Waals surface area contributed by atoms with Gasteiger partial charge in [0.1, 0.15) is 0 Å². The molecule has 0 unspecified atom stereocenters. The summed E-state index contributed by atoms with van der Waals surface area (Å²) < 4.78 is 12.5. The number of aromatic carboxylic acids is 1. The van der Waals surface area contributed by atoms with Gasteiger partial charge in [-0.05, 0) is 30.7 Å². The SMILES string of the molecule is O=C(O)c1ccc(N2CC[C@H](CF)C2)cc1. The largest absolute Gasteiger partial charge is 0.478 e. The number of benzene rings is 1. The van der Waals surface area contributed by atoms with Gasteiger partial charge in [-0.1, -0.05) is 0 Å². The zero-order valence-corrected chi connectivity index (χ0v) is 8.90. The molecule has 0 amide bonds. The summed E-state index contributed by atoms with van der Waals surface area (Å²) in [6.07, 6.45) is 0.872. The van der Waals surface area contributed by atoms with E-state index in [1.165, 1.54) is 0 Å². The Labute approximate surface area is 93.5 Å². The Bertz CT molecular complexity index is 377. The molecule has 16 heavy (non-hydrogen) atoms. The second kappa shape index (κ2) is 4.51. The van der Waals surface area contributed by atoms with Gasteiger partial charge in [0.2, 0.25) is 0 Å². The van der Waals surface area contributed by atoms with Gasteiger partial charge in [0.05, 0.1) is 12.2 Å².